The van der Waals surface area contributed by atoms with E-state index in [9.17, 15) is 4.79 Å². The molecule has 1 aliphatic heterocycles. The lowest BCUT2D eigenvalue weighted by atomic mass is 10.0. The maximum atomic E-state index is 12.1. The van der Waals surface area contributed by atoms with Gasteiger partial charge in [0.05, 0.1) is 10.9 Å². The Morgan fingerprint density at radius 3 is 3.00 bits per heavy atom. The number of thiophene rings is 1. The standard InChI is InChI=1S/C12H17NOS/c1-2-9-6-7-11(15-9)12(14)10-5-3-4-8-13-10/h6-7,10,13H,2-5,8H2,1H3. The molecule has 0 amide bonds. The summed E-state index contributed by atoms with van der Waals surface area (Å²) in [4.78, 5) is 14.3. The summed E-state index contributed by atoms with van der Waals surface area (Å²) in [5.41, 5.74) is 0. The number of piperidine rings is 1. The van der Waals surface area contributed by atoms with Crippen molar-refractivity contribution >= 4 is 17.1 Å². The number of aryl methyl sites for hydroxylation is 1. The zero-order valence-electron chi connectivity index (χ0n) is 9.08. The van der Waals surface area contributed by atoms with Gasteiger partial charge in [-0.25, -0.2) is 0 Å². The molecule has 2 nitrogen and oxygen atoms in total. The lowest BCUT2D eigenvalue weighted by molar-refractivity contribution is 0.0931. The van der Waals surface area contributed by atoms with Crippen LogP contribution >= 0.6 is 11.3 Å². The monoisotopic (exact) mass is 223 g/mol. The third-order valence-corrected chi connectivity index (χ3v) is 4.12. The van der Waals surface area contributed by atoms with E-state index in [1.165, 1.54) is 17.7 Å². The second-order valence-corrected chi connectivity index (χ2v) is 5.15. The van der Waals surface area contributed by atoms with Gasteiger partial charge in [-0.2, -0.15) is 0 Å². The first-order valence-electron chi connectivity index (χ1n) is 5.67. The molecule has 0 radical (unpaired) electrons. The van der Waals surface area contributed by atoms with Gasteiger partial charge in [-0.05, 0) is 37.9 Å². The average Bonchev–Trinajstić information content (AvgIpc) is 2.78. The van der Waals surface area contributed by atoms with Crippen LogP contribution in [-0.2, 0) is 6.42 Å². The number of carbonyl (C=O) groups is 1. The first-order valence-corrected chi connectivity index (χ1v) is 6.49. The third-order valence-electron chi connectivity index (χ3n) is 2.88. The Hall–Kier alpha value is -0.670. The van der Waals surface area contributed by atoms with E-state index < -0.39 is 0 Å². The van der Waals surface area contributed by atoms with Gasteiger partial charge in [-0.1, -0.05) is 13.3 Å². The number of nitrogens with one attached hydrogen (secondary N) is 1. The number of carbonyl (C=O) groups excluding carboxylic acids is 1. The minimum absolute atomic E-state index is 0.0714. The van der Waals surface area contributed by atoms with Crippen LogP contribution in [0.25, 0.3) is 0 Å². The highest BCUT2D eigenvalue weighted by molar-refractivity contribution is 7.14. The molecular formula is C12H17NOS. The molecule has 1 N–H and O–H groups in total. The van der Waals surface area contributed by atoms with Crippen molar-refractivity contribution in [1.82, 2.24) is 5.32 Å². The van der Waals surface area contributed by atoms with Crippen molar-refractivity contribution in [3.05, 3.63) is 21.9 Å². The van der Waals surface area contributed by atoms with E-state index in [-0.39, 0.29) is 6.04 Å². The molecule has 1 unspecified atom stereocenters. The minimum atomic E-state index is 0.0714. The SMILES string of the molecule is CCc1ccc(C(=O)C2CCCCN2)s1. The molecule has 2 heterocycles. The van der Waals surface area contributed by atoms with E-state index in [1.54, 1.807) is 11.3 Å². The predicted molar refractivity (Wildman–Crippen MR) is 63.7 cm³/mol. The molecule has 0 bridgehead atoms. The van der Waals surface area contributed by atoms with E-state index in [1.807, 2.05) is 6.07 Å². The van der Waals surface area contributed by atoms with Crippen LogP contribution in [0.4, 0.5) is 0 Å². The molecule has 2 rings (SSSR count). The van der Waals surface area contributed by atoms with E-state index in [0.29, 0.717) is 5.78 Å². The fraction of sp³-hybridized carbons (Fsp3) is 0.583. The highest BCUT2D eigenvalue weighted by Gasteiger charge is 2.22. The van der Waals surface area contributed by atoms with Crippen molar-refractivity contribution in [3.63, 3.8) is 0 Å². The van der Waals surface area contributed by atoms with Crippen LogP contribution in [0.2, 0.25) is 0 Å². The molecule has 1 atom stereocenters. The van der Waals surface area contributed by atoms with Gasteiger partial charge < -0.3 is 5.32 Å². The Morgan fingerprint density at radius 1 is 1.53 bits per heavy atom. The van der Waals surface area contributed by atoms with Gasteiger partial charge in [0.2, 0.25) is 0 Å². The van der Waals surface area contributed by atoms with Crippen molar-refractivity contribution in [3.8, 4) is 0 Å². The lowest BCUT2D eigenvalue weighted by Crippen LogP contribution is -2.40. The van der Waals surface area contributed by atoms with Crippen LogP contribution in [0.3, 0.4) is 0 Å². The third kappa shape index (κ3) is 2.47. The summed E-state index contributed by atoms with van der Waals surface area (Å²) in [6.45, 7) is 3.11. The fourth-order valence-corrected chi connectivity index (χ4v) is 2.89. The second-order valence-electron chi connectivity index (χ2n) is 3.99. The van der Waals surface area contributed by atoms with Crippen molar-refractivity contribution in [2.24, 2.45) is 0 Å². The van der Waals surface area contributed by atoms with Gasteiger partial charge >= 0.3 is 0 Å². The fourth-order valence-electron chi connectivity index (χ4n) is 1.95. The number of hydrogen-bond acceptors (Lipinski definition) is 3. The van der Waals surface area contributed by atoms with Gasteiger partial charge in [0, 0.05) is 4.88 Å². The summed E-state index contributed by atoms with van der Waals surface area (Å²) in [6.07, 6.45) is 4.40. The molecule has 0 aliphatic carbocycles. The molecule has 0 spiro atoms. The molecule has 1 aromatic rings. The topological polar surface area (TPSA) is 29.1 Å². The van der Waals surface area contributed by atoms with Gasteiger partial charge in [0.15, 0.2) is 5.78 Å². The van der Waals surface area contributed by atoms with Crippen molar-refractivity contribution in [2.75, 3.05) is 6.54 Å². The van der Waals surface area contributed by atoms with Crippen LogP contribution < -0.4 is 5.32 Å². The molecule has 1 saturated heterocycles. The first-order chi connectivity index (χ1) is 7.31. The van der Waals surface area contributed by atoms with Crippen molar-refractivity contribution in [1.29, 1.82) is 0 Å². The normalized spacial score (nSPS) is 21.5. The predicted octanol–water partition coefficient (Wildman–Crippen LogP) is 2.64. The van der Waals surface area contributed by atoms with Crippen LogP contribution in [0.15, 0.2) is 12.1 Å². The average molecular weight is 223 g/mol. The highest BCUT2D eigenvalue weighted by Crippen LogP contribution is 2.21. The highest BCUT2D eigenvalue weighted by atomic mass is 32.1. The van der Waals surface area contributed by atoms with Crippen LogP contribution in [0, 0.1) is 0 Å². The molecule has 3 heteroatoms. The maximum Gasteiger partial charge on any atom is 0.189 e. The molecule has 82 valence electrons. The number of ketones is 1. The summed E-state index contributed by atoms with van der Waals surface area (Å²) >= 11 is 1.65. The zero-order valence-corrected chi connectivity index (χ0v) is 9.90. The van der Waals surface area contributed by atoms with E-state index in [4.69, 9.17) is 0 Å². The summed E-state index contributed by atoms with van der Waals surface area (Å²) in [5, 5.41) is 3.30. The van der Waals surface area contributed by atoms with Crippen molar-refractivity contribution in [2.45, 2.75) is 38.6 Å². The largest absolute Gasteiger partial charge is 0.307 e. The molecule has 1 aliphatic rings. The van der Waals surface area contributed by atoms with Gasteiger partial charge in [0.1, 0.15) is 0 Å². The summed E-state index contributed by atoms with van der Waals surface area (Å²) in [5.74, 6) is 0.291. The maximum absolute atomic E-state index is 12.1. The Kier molecular flexibility index (Phi) is 3.54. The molecule has 1 fully saturated rings. The Balaban J connectivity index is 2.05. The van der Waals surface area contributed by atoms with Crippen LogP contribution in [0.5, 0.6) is 0 Å². The van der Waals surface area contributed by atoms with Crippen LogP contribution in [0.1, 0.15) is 40.7 Å². The molecule has 1 aromatic heterocycles. The quantitative estimate of drug-likeness (QED) is 0.798. The Bertz CT molecular complexity index is 339. The first kappa shape index (κ1) is 10.8. The second kappa shape index (κ2) is 4.90. The van der Waals surface area contributed by atoms with Crippen molar-refractivity contribution < 1.29 is 4.79 Å². The van der Waals surface area contributed by atoms with Gasteiger partial charge in [0.25, 0.3) is 0 Å². The van der Waals surface area contributed by atoms with Crippen LogP contribution in [-0.4, -0.2) is 18.4 Å². The molecule has 15 heavy (non-hydrogen) atoms. The lowest BCUT2D eigenvalue weighted by Gasteiger charge is -2.21. The van der Waals surface area contributed by atoms with E-state index >= 15 is 0 Å². The smallest absolute Gasteiger partial charge is 0.189 e. The minimum Gasteiger partial charge on any atom is -0.307 e. The summed E-state index contributed by atoms with van der Waals surface area (Å²) in [7, 11) is 0. The van der Waals surface area contributed by atoms with Gasteiger partial charge in [-0.15, -0.1) is 11.3 Å². The number of Topliss-reactive ketones (excluding diaryl/α,β-unsaturated/α-hetero) is 1. The molecule has 0 aromatic carbocycles. The number of hydrogen-bond donors (Lipinski definition) is 1. The zero-order chi connectivity index (χ0) is 10.7. The summed E-state index contributed by atoms with van der Waals surface area (Å²) in [6, 6.07) is 4.12. The number of rotatable bonds is 3. The Labute approximate surface area is 94.7 Å². The molecule has 0 saturated carbocycles. The van der Waals surface area contributed by atoms with E-state index in [2.05, 4.69) is 18.3 Å². The molecular weight excluding hydrogens is 206 g/mol. The Morgan fingerprint density at radius 2 is 2.40 bits per heavy atom. The summed E-state index contributed by atoms with van der Waals surface area (Å²) < 4.78 is 0. The van der Waals surface area contributed by atoms with E-state index in [0.717, 1.165) is 24.3 Å². The van der Waals surface area contributed by atoms with Gasteiger partial charge in [-0.3, -0.25) is 4.79 Å².